The Hall–Kier alpha value is -0.690. The number of hydrogen-bond acceptors (Lipinski definition) is 1. The van der Waals surface area contributed by atoms with Gasteiger partial charge in [0, 0.05) is 11.5 Å². The molecule has 0 spiro atoms. The minimum Gasteiger partial charge on any atom is -0.0940 e. The molecule has 0 unspecified atom stereocenters. The van der Waals surface area contributed by atoms with E-state index in [-0.39, 0.29) is 0 Å². The Kier molecular flexibility index (Phi) is 6.43. The van der Waals surface area contributed by atoms with Crippen molar-refractivity contribution >= 4 is 0 Å². The summed E-state index contributed by atoms with van der Waals surface area (Å²) in [7, 11) is 0. The average molecular weight is 183 g/mol. The first kappa shape index (κ1) is 12.3. The van der Waals surface area contributed by atoms with Crippen LogP contribution in [0.2, 0.25) is 0 Å². The van der Waals surface area contributed by atoms with E-state index in [0.29, 0.717) is 12.0 Å². The molecule has 0 aromatic carbocycles. The lowest BCUT2D eigenvalue weighted by Crippen LogP contribution is -2.13. The van der Waals surface area contributed by atoms with E-state index in [1.54, 1.807) is 0 Å². The molecule has 76 valence electrons. The lowest BCUT2D eigenvalue weighted by Gasteiger charge is -2.26. The maximum Gasteiger partial charge on any atom is 0.0257 e. The van der Waals surface area contributed by atoms with Crippen molar-refractivity contribution in [2.75, 3.05) is 6.54 Å². The van der Waals surface area contributed by atoms with Crippen molar-refractivity contribution in [1.29, 1.82) is 0 Å². The Morgan fingerprint density at radius 1 is 1.23 bits per heavy atom. The van der Waals surface area contributed by atoms with Crippen molar-refractivity contribution in [1.82, 2.24) is 0 Å². The summed E-state index contributed by atoms with van der Waals surface area (Å²) in [5.74, 6) is 0. The fraction of sp³-hybridized carbons (Fsp3) is 1.00. The predicted octanol–water partition coefficient (Wildman–Crippen LogP) is 4.29. The van der Waals surface area contributed by atoms with Crippen molar-refractivity contribution in [3.8, 4) is 0 Å². The third-order valence-corrected chi connectivity index (χ3v) is 3.06. The van der Waals surface area contributed by atoms with Gasteiger partial charge in [-0.15, -0.1) is 0 Å². The first-order chi connectivity index (χ1) is 6.18. The van der Waals surface area contributed by atoms with Gasteiger partial charge in [-0.3, -0.25) is 0 Å². The maximum atomic E-state index is 8.08. The largest absolute Gasteiger partial charge is 0.0940 e. The van der Waals surface area contributed by atoms with Crippen molar-refractivity contribution < 1.29 is 0 Å². The maximum absolute atomic E-state index is 8.08. The van der Waals surface area contributed by atoms with Gasteiger partial charge in [0.2, 0.25) is 0 Å². The number of hydrogen-bond donors (Lipinski definition) is 0. The summed E-state index contributed by atoms with van der Waals surface area (Å²) >= 11 is 0. The molecule has 3 nitrogen and oxygen atoms in total. The van der Waals surface area contributed by atoms with Crippen LogP contribution < -0.4 is 0 Å². The Bertz CT molecular complexity index is 167. The zero-order chi connectivity index (χ0) is 10.2. The van der Waals surface area contributed by atoms with Gasteiger partial charge in [0.1, 0.15) is 0 Å². The third-order valence-electron chi connectivity index (χ3n) is 3.06. The minimum atomic E-state index is 0.496. The fourth-order valence-corrected chi connectivity index (χ4v) is 1.38. The van der Waals surface area contributed by atoms with Crippen molar-refractivity contribution in [2.24, 2.45) is 10.5 Å². The fourth-order valence-electron chi connectivity index (χ4n) is 1.38. The van der Waals surface area contributed by atoms with Gasteiger partial charge in [-0.2, -0.15) is 0 Å². The van der Waals surface area contributed by atoms with Crippen LogP contribution in [0.5, 0.6) is 0 Å². The highest BCUT2D eigenvalue weighted by atomic mass is 15.1. The van der Waals surface area contributed by atoms with Crippen LogP contribution in [0.25, 0.3) is 10.4 Å². The number of nitrogens with zero attached hydrogens (tertiary/aromatic N) is 3. The summed E-state index contributed by atoms with van der Waals surface area (Å²) in [6, 6.07) is 0. The number of azide groups is 1. The summed E-state index contributed by atoms with van der Waals surface area (Å²) < 4.78 is 0. The summed E-state index contributed by atoms with van der Waals surface area (Å²) in [5, 5.41) is 3.52. The Balaban J connectivity index is 3.55. The second-order valence-corrected chi connectivity index (χ2v) is 3.93. The van der Waals surface area contributed by atoms with Gasteiger partial charge in [0.25, 0.3) is 0 Å². The van der Waals surface area contributed by atoms with Crippen LogP contribution in [0, 0.1) is 5.41 Å². The molecule has 0 N–H and O–H groups in total. The summed E-state index contributed by atoms with van der Waals surface area (Å²) in [5.41, 5.74) is 8.57. The summed E-state index contributed by atoms with van der Waals surface area (Å²) in [6.45, 7) is 7.48. The molecule has 0 aromatic heterocycles. The van der Waals surface area contributed by atoms with Gasteiger partial charge in [-0.1, -0.05) is 45.1 Å². The van der Waals surface area contributed by atoms with Crippen LogP contribution in [-0.4, -0.2) is 6.54 Å². The van der Waals surface area contributed by atoms with Gasteiger partial charge in [0.05, 0.1) is 0 Å². The third kappa shape index (κ3) is 5.53. The minimum absolute atomic E-state index is 0.496. The monoisotopic (exact) mass is 183 g/mol. The first-order valence-corrected chi connectivity index (χ1v) is 5.19. The molecule has 0 aromatic rings. The van der Waals surface area contributed by atoms with Crippen LogP contribution in [0.3, 0.4) is 0 Å². The molecule has 0 aliphatic carbocycles. The molecule has 0 saturated carbocycles. The highest BCUT2D eigenvalue weighted by molar-refractivity contribution is 4.70. The smallest absolute Gasteiger partial charge is 0.0257 e. The summed E-state index contributed by atoms with van der Waals surface area (Å²) in [4.78, 5) is 2.73. The van der Waals surface area contributed by atoms with Crippen molar-refractivity contribution in [3.05, 3.63) is 10.4 Å². The zero-order valence-corrected chi connectivity index (χ0v) is 9.08. The molecule has 13 heavy (non-hydrogen) atoms. The highest BCUT2D eigenvalue weighted by Gasteiger charge is 2.18. The molecule has 0 atom stereocenters. The molecule has 3 heteroatoms. The molecule has 0 fully saturated rings. The molecule has 0 amide bonds. The van der Waals surface area contributed by atoms with Gasteiger partial charge < -0.3 is 0 Å². The lowest BCUT2D eigenvalue weighted by molar-refractivity contribution is 0.264. The van der Waals surface area contributed by atoms with E-state index in [1.165, 1.54) is 25.7 Å². The van der Waals surface area contributed by atoms with E-state index in [1.807, 2.05) is 0 Å². The quantitative estimate of drug-likeness (QED) is 0.244. The standard InChI is InChI=1S/C10H21N3/c1-4-10(3,5-2)8-6-7-9-12-13-11/h4-9H2,1-3H3. The van der Waals surface area contributed by atoms with Crippen molar-refractivity contribution in [3.63, 3.8) is 0 Å². The zero-order valence-electron chi connectivity index (χ0n) is 9.08. The van der Waals surface area contributed by atoms with E-state index < -0.39 is 0 Å². The number of rotatable bonds is 7. The van der Waals surface area contributed by atoms with Crippen LogP contribution in [0.4, 0.5) is 0 Å². The molecule has 0 rings (SSSR count). The van der Waals surface area contributed by atoms with E-state index in [9.17, 15) is 0 Å². The SMILES string of the molecule is CCC(C)(CC)CCCCN=[N+]=[N-]. The molecular weight excluding hydrogens is 162 g/mol. The summed E-state index contributed by atoms with van der Waals surface area (Å²) in [6.07, 6.45) is 5.94. The second kappa shape index (κ2) is 6.79. The topological polar surface area (TPSA) is 48.8 Å². The van der Waals surface area contributed by atoms with Crippen LogP contribution in [0.1, 0.15) is 52.9 Å². The molecule has 0 bridgehead atoms. The van der Waals surface area contributed by atoms with Crippen LogP contribution in [-0.2, 0) is 0 Å². The van der Waals surface area contributed by atoms with Crippen molar-refractivity contribution in [2.45, 2.75) is 52.9 Å². The average Bonchev–Trinajstić information content (AvgIpc) is 2.17. The van der Waals surface area contributed by atoms with Crippen LogP contribution >= 0.6 is 0 Å². The first-order valence-electron chi connectivity index (χ1n) is 5.19. The van der Waals surface area contributed by atoms with Gasteiger partial charge in [-0.25, -0.2) is 0 Å². The normalized spacial score (nSPS) is 11.0. The Morgan fingerprint density at radius 2 is 1.85 bits per heavy atom. The molecule has 0 heterocycles. The molecular formula is C10H21N3. The van der Waals surface area contributed by atoms with E-state index in [4.69, 9.17) is 5.53 Å². The Morgan fingerprint density at radius 3 is 2.31 bits per heavy atom. The Labute approximate surface area is 81.2 Å². The van der Waals surface area contributed by atoms with Crippen LogP contribution in [0.15, 0.2) is 5.11 Å². The molecule has 0 radical (unpaired) electrons. The molecule has 0 aliphatic heterocycles. The van der Waals surface area contributed by atoms with Gasteiger partial charge >= 0.3 is 0 Å². The molecule has 0 aliphatic rings. The van der Waals surface area contributed by atoms with E-state index in [0.717, 1.165) is 6.42 Å². The van der Waals surface area contributed by atoms with Gasteiger partial charge in [-0.05, 0) is 23.8 Å². The van der Waals surface area contributed by atoms with Gasteiger partial charge in [0.15, 0.2) is 0 Å². The van der Waals surface area contributed by atoms with E-state index >= 15 is 0 Å². The lowest BCUT2D eigenvalue weighted by atomic mass is 9.80. The predicted molar refractivity (Wildman–Crippen MR) is 56.6 cm³/mol. The second-order valence-electron chi connectivity index (χ2n) is 3.93. The highest BCUT2D eigenvalue weighted by Crippen LogP contribution is 2.31. The number of unbranched alkanes of at least 4 members (excludes halogenated alkanes) is 1. The molecule has 0 saturated heterocycles. The van der Waals surface area contributed by atoms with E-state index in [2.05, 4.69) is 30.8 Å².